The van der Waals surface area contributed by atoms with Crippen LogP contribution in [0.5, 0.6) is 11.5 Å². The summed E-state index contributed by atoms with van der Waals surface area (Å²) in [6, 6.07) is 84.4. The van der Waals surface area contributed by atoms with Crippen molar-refractivity contribution >= 4 is 21.5 Å². The molecule has 0 saturated carbocycles. The van der Waals surface area contributed by atoms with Crippen LogP contribution in [-0.2, 0) is 10.8 Å². The van der Waals surface area contributed by atoms with Gasteiger partial charge in [0.15, 0.2) is 0 Å². The average molecular weight is 751 g/mol. The summed E-state index contributed by atoms with van der Waals surface area (Å²) in [4.78, 5) is 0. The van der Waals surface area contributed by atoms with E-state index in [2.05, 4.69) is 231 Å². The van der Waals surface area contributed by atoms with Crippen LogP contribution in [0.1, 0.15) is 44.5 Å². The van der Waals surface area contributed by atoms with E-state index in [4.69, 9.17) is 4.74 Å². The van der Waals surface area contributed by atoms with E-state index in [1.807, 2.05) is 0 Å². The fourth-order valence-electron chi connectivity index (χ4n) is 10.6. The van der Waals surface area contributed by atoms with E-state index in [0.717, 1.165) is 11.5 Å². The molecular weight excluding hydrogens is 713 g/mol. The Labute approximate surface area is 344 Å². The van der Waals surface area contributed by atoms with Gasteiger partial charge in [-0.2, -0.15) is 0 Å². The molecule has 12 rings (SSSR count). The van der Waals surface area contributed by atoms with E-state index in [9.17, 15) is 0 Å². The second-order valence-corrected chi connectivity index (χ2v) is 16.0. The minimum absolute atomic E-state index is 0.484. The van der Waals surface area contributed by atoms with Crippen LogP contribution < -0.4 is 4.74 Å². The monoisotopic (exact) mass is 750 g/mol. The van der Waals surface area contributed by atoms with Gasteiger partial charge >= 0.3 is 0 Å². The lowest BCUT2D eigenvalue weighted by atomic mass is 9.67. The third kappa shape index (κ3) is 4.85. The van der Waals surface area contributed by atoms with E-state index < -0.39 is 10.8 Å². The summed E-state index contributed by atoms with van der Waals surface area (Å²) in [7, 11) is 0. The molecule has 2 aliphatic rings. The lowest BCUT2D eigenvalue weighted by Gasteiger charge is -2.34. The topological polar surface area (TPSA) is 9.23 Å². The van der Waals surface area contributed by atoms with Gasteiger partial charge in [-0.05, 0) is 137 Å². The summed E-state index contributed by atoms with van der Waals surface area (Å²) in [5.41, 5.74) is 14.3. The van der Waals surface area contributed by atoms with Gasteiger partial charge in [-0.15, -0.1) is 0 Å². The van der Waals surface area contributed by atoms with Crippen molar-refractivity contribution in [2.24, 2.45) is 0 Å². The normalized spacial score (nSPS) is 17.3. The van der Waals surface area contributed by atoms with Crippen molar-refractivity contribution in [3.63, 3.8) is 0 Å². The van der Waals surface area contributed by atoms with Crippen LogP contribution in [0.3, 0.4) is 0 Å². The lowest BCUT2D eigenvalue weighted by molar-refractivity contribution is 0.481. The highest BCUT2D eigenvalue weighted by molar-refractivity contribution is 5.97. The van der Waals surface area contributed by atoms with Crippen LogP contribution in [0.25, 0.3) is 43.8 Å². The molecule has 1 nitrogen and oxygen atoms in total. The molecule has 276 valence electrons. The van der Waals surface area contributed by atoms with E-state index in [0.29, 0.717) is 0 Å². The lowest BCUT2D eigenvalue weighted by Crippen LogP contribution is -2.28. The number of ether oxygens (including phenoxy) is 1. The zero-order valence-electron chi connectivity index (χ0n) is 32.3. The van der Waals surface area contributed by atoms with Gasteiger partial charge in [0.05, 0.1) is 10.8 Å². The van der Waals surface area contributed by atoms with Crippen molar-refractivity contribution in [2.75, 3.05) is 0 Å². The maximum atomic E-state index is 6.68. The summed E-state index contributed by atoms with van der Waals surface area (Å²) < 4.78 is 6.68. The first-order valence-electron chi connectivity index (χ1n) is 20.5. The Bertz CT molecular complexity index is 3000. The minimum Gasteiger partial charge on any atom is -0.457 e. The predicted molar refractivity (Wildman–Crippen MR) is 243 cm³/mol. The molecule has 2 atom stereocenters. The largest absolute Gasteiger partial charge is 0.457 e. The summed E-state index contributed by atoms with van der Waals surface area (Å²) in [6.07, 6.45) is 0. The van der Waals surface area contributed by atoms with Gasteiger partial charge in [0.25, 0.3) is 0 Å². The maximum Gasteiger partial charge on any atom is 0.127 e. The first-order valence-corrected chi connectivity index (χ1v) is 20.5. The first kappa shape index (κ1) is 33.6. The molecule has 0 spiro atoms. The van der Waals surface area contributed by atoms with Crippen molar-refractivity contribution in [3.05, 3.63) is 275 Å². The third-order valence-corrected chi connectivity index (χ3v) is 13.0. The van der Waals surface area contributed by atoms with Gasteiger partial charge in [0.2, 0.25) is 0 Å². The molecule has 2 aliphatic carbocycles. The summed E-state index contributed by atoms with van der Waals surface area (Å²) in [6.45, 7) is 0. The highest BCUT2D eigenvalue weighted by Gasteiger charge is 2.47. The quantitative estimate of drug-likeness (QED) is 0.164. The fourth-order valence-corrected chi connectivity index (χ4v) is 10.6. The van der Waals surface area contributed by atoms with Gasteiger partial charge < -0.3 is 4.74 Å². The molecule has 0 aromatic heterocycles. The SMILES string of the molecule is c1ccc(C2(c3ccc(Oc4ccc(C5(c6ccccc6)c6ccccc6-c6cc7ccccc7cc65)cc4)cc3)c3ccccc3-c3cc4ccccc4cc32)cc1. The summed E-state index contributed by atoms with van der Waals surface area (Å²) >= 11 is 0. The third-order valence-electron chi connectivity index (χ3n) is 13.0. The molecule has 1 heteroatoms. The fraction of sp³-hybridized carbons (Fsp3) is 0.0345. The molecule has 0 aliphatic heterocycles. The van der Waals surface area contributed by atoms with Crippen LogP contribution in [-0.4, -0.2) is 0 Å². The predicted octanol–water partition coefficient (Wildman–Crippen LogP) is 14.5. The average Bonchev–Trinajstić information content (AvgIpc) is 3.76. The second-order valence-electron chi connectivity index (χ2n) is 16.0. The Morgan fingerprint density at radius 2 is 0.559 bits per heavy atom. The van der Waals surface area contributed by atoms with Gasteiger partial charge in [-0.1, -0.05) is 182 Å². The number of hydrogen-bond donors (Lipinski definition) is 0. The number of hydrogen-bond acceptors (Lipinski definition) is 1. The van der Waals surface area contributed by atoms with Crippen molar-refractivity contribution in [1.29, 1.82) is 0 Å². The van der Waals surface area contributed by atoms with Crippen molar-refractivity contribution < 1.29 is 4.74 Å². The molecule has 0 fully saturated rings. The van der Waals surface area contributed by atoms with Crippen molar-refractivity contribution in [1.82, 2.24) is 0 Å². The Morgan fingerprint density at radius 1 is 0.237 bits per heavy atom. The molecule has 2 unspecified atom stereocenters. The van der Waals surface area contributed by atoms with Crippen LogP contribution in [0.2, 0.25) is 0 Å². The smallest absolute Gasteiger partial charge is 0.127 e. The molecule has 0 amide bonds. The van der Waals surface area contributed by atoms with Gasteiger partial charge in [0, 0.05) is 0 Å². The highest BCUT2D eigenvalue weighted by atomic mass is 16.5. The zero-order valence-corrected chi connectivity index (χ0v) is 32.3. The number of benzene rings is 10. The molecule has 59 heavy (non-hydrogen) atoms. The van der Waals surface area contributed by atoms with E-state index >= 15 is 0 Å². The van der Waals surface area contributed by atoms with Crippen LogP contribution in [0.4, 0.5) is 0 Å². The summed E-state index contributed by atoms with van der Waals surface area (Å²) in [5, 5.41) is 5.00. The van der Waals surface area contributed by atoms with E-state index in [1.165, 1.54) is 88.3 Å². The van der Waals surface area contributed by atoms with Crippen molar-refractivity contribution in [2.45, 2.75) is 10.8 Å². The van der Waals surface area contributed by atoms with Gasteiger partial charge in [-0.25, -0.2) is 0 Å². The molecule has 0 N–H and O–H groups in total. The highest BCUT2D eigenvalue weighted by Crippen LogP contribution is 2.58. The van der Waals surface area contributed by atoms with Crippen LogP contribution in [0.15, 0.2) is 231 Å². The Kier molecular flexibility index (Phi) is 7.43. The Balaban J connectivity index is 0.955. The summed E-state index contributed by atoms with van der Waals surface area (Å²) in [5.74, 6) is 1.60. The number of rotatable bonds is 6. The molecule has 0 bridgehead atoms. The van der Waals surface area contributed by atoms with Gasteiger partial charge in [-0.3, -0.25) is 0 Å². The van der Waals surface area contributed by atoms with E-state index in [-0.39, 0.29) is 0 Å². The molecule has 10 aromatic carbocycles. The molecule has 0 heterocycles. The molecule has 10 aromatic rings. The van der Waals surface area contributed by atoms with Crippen molar-refractivity contribution in [3.8, 4) is 33.8 Å². The van der Waals surface area contributed by atoms with Crippen LogP contribution in [0, 0.1) is 0 Å². The second kappa shape index (κ2) is 13.0. The van der Waals surface area contributed by atoms with Crippen LogP contribution >= 0.6 is 0 Å². The Hall–Kier alpha value is -7.48. The molecular formula is C58H38O. The number of fused-ring (bicyclic) bond motifs is 8. The van der Waals surface area contributed by atoms with Gasteiger partial charge in [0.1, 0.15) is 11.5 Å². The Morgan fingerprint density at radius 3 is 0.966 bits per heavy atom. The maximum absolute atomic E-state index is 6.68. The first-order chi connectivity index (χ1) is 29.2. The minimum atomic E-state index is -0.484. The zero-order chi connectivity index (χ0) is 39.0. The van der Waals surface area contributed by atoms with E-state index in [1.54, 1.807) is 0 Å². The molecule has 0 saturated heterocycles. The molecule has 0 radical (unpaired) electrons. The standard InChI is InChI=1S/C58H38O/c1-3-19-43(20-4-1)57(53-25-13-11-23-49(53)51-35-39-15-7-9-17-41(39)37-55(51)57)45-27-31-47(32-28-45)59-48-33-29-46(30-34-48)58(44-21-5-2-6-22-44)54-26-14-12-24-50(54)52-36-40-16-8-10-18-42(40)38-56(52)58/h1-38H.